The fraction of sp³-hybridized carbons (Fsp3) is 0.833. The molecule has 0 saturated carbocycles. The predicted molar refractivity (Wildman–Crippen MR) is 65.9 cm³/mol. The number of unbranched alkanes of at least 4 members (excludes halogenated alkanes) is 2. The topological polar surface area (TPSA) is 73.9 Å². The number of cyclic esters (lactones) is 1. The highest BCUT2D eigenvalue weighted by atomic mass is 16.6. The fourth-order valence-electron chi connectivity index (χ4n) is 1.67. The summed E-state index contributed by atoms with van der Waals surface area (Å²) in [6.45, 7) is 4.80. The van der Waals surface area contributed by atoms with Crippen LogP contribution in [-0.2, 0) is 14.3 Å². The van der Waals surface area contributed by atoms with Crippen molar-refractivity contribution in [3.8, 4) is 0 Å². The van der Waals surface area contributed by atoms with Crippen molar-refractivity contribution in [1.82, 2.24) is 0 Å². The minimum atomic E-state index is -0.409. The molecular weight excluding hydrogens is 220 g/mol. The Bertz CT molecular complexity index is 275. The molecule has 1 saturated heterocycles. The molecule has 2 unspecified atom stereocenters. The first-order valence-electron chi connectivity index (χ1n) is 6.18. The van der Waals surface area contributed by atoms with Gasteiger partial charge in [-0.3, -0.25) is 4.99 Å². The van der Waals surface area contributed by atoms with Crippen LogP contribution in [0.1, 0.15) is 39.5 Å². The number of hydrogen-bond acceptors (Lipinski definition) is 4. The van der Waals surface area contributed by atoms with Gasteiger partial charge in [-0.05, 0) is 33.1 Å². The van der Waals surface area contributed by atoms with E-state index in [9.17, 15) is 4.79 Å². The van der Waals surface area contributed by atoms with E-state index in [4.69, 9.17) is 15.2 Å². The lowest BCUT2D eigenvalue weighted by Gasteiger charge is -2.26. The number of ether oxygens (including phenoxy) is 2. The Balaban J connectivity index is 2.03. The number of carbonyl (C=O) groups is 1. The maximum absolute atomic E-state index is 11.2. The van der Waals surface area contributed by atoms with Gasteiger partial charge in [-0.2, -0.15) is 0 Å². The molecule has 0 aromatic rings. The van der Waals surface area contributed by atoms with E-state index in [1.54, 1.807) is 13.8 Å². The number of esters is 1. The minimum Gasteiger partial charge on any atom is -0.458 e. The second-order valence-electron chi connectivity index (χ2n) is 4.41. The molecule has 0 bridgehead atoms. The highest BCUT2D eigenvalue weighted by Crippen LogP contribution is 2.14. The zero-order chi connectivity index (χ0) is 12.7. The summed E-state index contributed by atoms with van der Waals surface area (Å²) in [6, 6.07) is 0. The molecule has 1 rings (SSSR count). The van der Waals surface area contributed by atoms with E-state index in [2.05, 4.69) is 4.99 Å². The van der Waals surface area contributed by atoms with Gasteiger partial charge >= 0.3 is 5.97 Å². The van der Waals surface area contributed by atoms with Crippen molar-refractivity contribution in [3.05, 3.63) is 0 Å². The number of amidine groups is 1. The molecule has 2 N–H and O–H groups in total. The third-order valence-electron chi connectivity index (χ3n) is 2.69. The number of hydrogen-bond donors (Lipinski definition) is 1. The zero-order valence-corrected chi connectivity index (χ0v) is 10.6. The van der Waals surface area contributed by atoms with E-state index in [0.29, 0.717) is 12.4 Å². The highest BCUT2D eigenvalue weighted by Gasteiger charge is 2.26. The van der Waals surface area contributed by atoms with Crippen LogP contribution >= 0.6 is 0 Å². The fourth-order valence-corrected chi connectivity index (χ4v) is 1.67. The average Bonchev–Trinajstić information content (AvgIpc) is 2.27. The van der Waals surface area contributed by atoms with Crippen LogP contribution in [0.3, 0.4) is 0 Å². The second kappa shape index (κ2) is 7.27. The van der Waals surface area contributed by atoms with Crippen molar-refractivity contribution in [2.75, 3.05) is 13.2 Å². The first kappa shape index (κ1) is 14.0. The number of carbonyl (C=O) groups excluding carboxylic acids is 1. The first-order chi connectivity index (χ1) is 8.09. The summed E-state index contributed by atoms with van der Waals surface area (Å²) in [5, 5.41) is 0. The van der Waals surface area contributed by atoms with Crippen molar-refractivity contribution in [3.63, 3.8) is 0 Å². The Labute approximate surface area is 102 Å². The molecule has 1 aliphatic heterocycles. The summed E-state index contributed by atoms with van der Waals surface area (Å²) in [7, 11) is 0. The Kier molecular flexibility index (Phi) is 5.97. The summed E-state index contributed by atoms with van der Waals surface area (Å²) in [5.74, 6) is 0.387. The van der Waals surface area contributed by atoms with Crippen LogP contribution in [0.2, 0.25) is 0 Å². The van der Waals surface area contributed by atoms with Crippen LogP contribution in [0.15, 0.2) is 4.99 Å². The molecule has 0 amide bonds. The standard InChI is InChI=1S/C12H22N2O3/c1-9-12(15)17-11(8-16-9)6-4-3-5-7-14-10(2)13/h9,11H,3-8H2,1-2H3,(H2,13,14). The molecule has 1 aliphatic rings. The zero-order valence-electron chi connectivity index (χ0n) is 10.6. The molecule has 0 aromatic carbocycles. The van der Waals surface area contributed by atoms with Crippen molar-refractivity contribution < 1.29 is 14.3 Å². The van der Waals surface area contributed by atoms with Gasteiger partial charge in [-0.15, -0.1) is 0 Å². The van der Waals surface area contributed by atoms with Gasteiger partial charge in [0.15, 0.2) is 6.10 Å². The van der Waals surface area contributed by atoms with Gasteiger partial charge < -0.3 is 15.2 Å². The molecule has 0 aromatic heterocycles. The number of aliphatic imine (C=N–C) groups is 1. The summed E-state index contributed by atoms with van der Waals surface area (Å²) in [5.41, 5.74) is 5.43. The van der Waals surface area contributed by atoms with Gasteiger partial charge in [0.05, 0.1) is 12.4 Å². The Morgan fingerprint density at radius 3 is 2.88 bits per heavy atom. The second-order valence-corrected chi connectivity index (χ2v) is 4.41. The molecule has 98 valence electrons. The molecule has 0 spiro atoms. The lowest BCUT2D eigenvalue weighted by molar-refractivity contribution is -0.181. The molecule has 5 nitrogen and oxygen atoms in total. The predicted octanol–water partition coefficient (Wildman–Crippen LogP) is 1.25. The van der Waals surface area contributed by atoms with Gasteiger partial charge in [0.1, 0.15) is 6.10 Å². The van der Waals surface area contributed by atoms with E-state index in [0.717, 1.165) is 32.2 Å². The molecule has 1 fully saturated rings. The third-order valence-corrected chi connectivity index (χ3v) is 2.69. The van der Waals surface area contributed by atoms with E-state index >= 15 is 0 Å². The summed E-state index contributed by atoms with van der Waals surface area (Å²) in [4.78, 5) is 15.4. The normalized spacial score (nSPS) is 25.8. The lowest BCUT2D eigenvalue weighted by atomic mass is 10.1. The number of nitrogens with two attached hydrogens (primary N) is 1. The summed E-state index contributed by atoms with van der Waals surface area (Å²) >= 11 is 0. The van der Waals surface area contributed by atoms with Crippen molar-refractivity contribution in [1.29, 1.82) is 0 Å². The van der Waals surface area contributed by atoms with E-state index in [-0.39, 0.29) is 12.1 Å². The Morgan fingerprint density at radius 1 is 1.47 bits per heavy atom. The van der Waals surface area contributed by atoms with Crippen LogP contribution in [0.4, 0.5) is 0 Å². The highest BCUT2D eigenvalue weighted by molar-refractivity contribution is 5.77. The van der Waals surface area contributed by atoms with Gasteiger partial charge in [-0.25, -0.2) is 4.79 Å². The van der Waals surface area contributed by atoms with E-state index < -0.39 is 6.10 Å². The van der Waals surface area contributed by atoms with Crippen molar-refractivity contribution in [2.24, 2.45) is 10.7 Å². The van der Waals surface area contributed by atoms with Crippen LogP contribution in [0, 0.1) is 0 Å². The molecule has 0 radical (unpaired) electrons. The summed E-state index contributed by atoms with van der Waals surface area (Å²) in [6.07, 6.45) is 3.50. The maximum Gasteiger partial charge on any atom is 0.335 e. The SMILES string of the molecule is CC(N)=NCCCCCC1COC(C)C(=O)O1. The monoisotopic (exact) mass is 242 g/mol. The minimum absolute atomic E-state index is 0.0709. The van der Waals surface area contributed by atoms with Crippen LogP contribution in [0.25, 0.3) is 0 Å². The third kappa shape index (κ3) is 5.68. The van der Waals surface area contributed by atoms with Crippen LogP contribution in [0.5, 0.6) is 0 Å². The number of nitrogens with zero attached hydrogens (tertiary/aromatic N) is 1. The Morgan fingerprint density at radius 2 is 2.24 bits per heavy atom. The summed E-state index contributed by atoms with van der Waals surface area (Å²) < 4.78 is 10.5. The smallest absolute Gasteiger partial charge is 0.335 e. The lowest BCUT2D eigenvalue weighted by Crippen LogP contribution is -2.38. The van der Waals surface area contributed by atoms with Gasteiger partial charge in [-0.1, -0.05) is 6.42 Å². The van der Waals surface area contributed by atoms with E-state index in [1.807, 2.05) is 0 Å². The first-order valence-corrected chi connectivity index (χ1v) is 6.18. The molecule has 1 heterocycles. The largest absolute Gasteiger partial charge is 0.458 e. The van der Waals surface area contributed by atoms with Crippen molar-refractivity contribution >= 4 is 11.8 Å². The van der Waals surface area contributed by atoms with E-state index in [1.165, 1.54) is 0 Å². The van der Waals surface area contributed by atoms with Crippen LogP contribution < -0.4 is 5.73 Å². The van der Waals surface area contributed by atoms with Gasteiger partial charge in [0.25, 0.3) is 0 Å². The average molecular weight is 242 g/mol. The number of rotatable bonds is 6. The quantitative estimate of drug-likeness (QED) is 0.329. The van der Waals surface area contributed by atoms with Crippen molar-refractivity contribution in [2.45, 2.75) is 51.7 Å². The molecule has 2 atom stereocenters. The van der Waals surface area contributed by atoms with Crippen LogP contribution in [-0.4, -0.2) is 37.2 Å². The molecular formula is C12H22N2O3. The maximum atomic E-state index is 11.2. The Hall–Kier alpha value is -1.10. The van der Waals surface area contributed by atoms with Gasteiger partial charge in [0, 0.05) is 6.54 Å². The molecule has 0 aliphatic carbocycles. The van der Waals surface area contributed by atoms with Gasteiger partial charge in [0.2, 0.25) is 0 Å². The molecule has 17 heavy (non-hydrogen) atoms. The molecule has 5 heteroatoms.